The fourth-order valence-corrected chi connectivity index (χ4v) is 2.44. The number of rotatable bonds is 8. The molecule has 0 heterocycles. The smallest absolute Gasteiger partial charge is 0.196 e. The van der Waals surface area contributed by atoms with Crippen LogP contribution < -0.4 is 0 Å². The van der Waals surface area contributed by atoms with Gasteiger partial charge in [0.1, 0.15) is 0 Å². The highest BCUT2D eigenvalue weighted by Gasteiger charge is 2.56. The third-order valence-corrected chi connectivity index (χ3v) is 3.92. The van der Waals surface area contributed by atoms with Crippen LogP contribution in [0.25, 0.3) is 0 Å². The molecule has 0 radical (unpaired) electrons. The summed E-state index contributed by atoms with van der Waals surface area (Å²) in [5, 5.41) is 0. The lowest BCUT2D eigenvalue weighted by Gasteiger charge is -2.33. The highest BCUT2D eigenvalue weighted by atomic mass is 35.5. The van der Waals surface area contributed by atoms with Crippen molar-refractivity contribution in [3.05, 3.63) is 12.2 Å². The largest absolute Gasteiger partial charge is 0.453 e. The van der Waals surface area contributed by atoms with E-state index in [0.29, 0.717) is 12.3 Å². The molecule has 0 saturated heterocycles. The van der Waals surface area contributed by atoms with Crippen LogP contribution >= 0.6 is 11.6 Å². The van der Waals surface area contributed by atoms with Gasteiger partial charge in [-0.2, -0.15) is 22.0 Å². The van der Waals surface area contributed by atoms with E-state index in [4.69, 9.17) is 11.6 Å². The van der Waals surface area contributed by atoms with Crippen molar-refractivity contribution in [2.75, 3.05) is 5.88 Å². The summed E-state index contributed by atoms with van der Waals surface area (Å²) < 4.78 is 61.3. The summed E-state index contributed by atoms with van der Waals surface area (Å²) in [4.78, 5) is 0. The maximum absolute atomic E-state index is 12.7. The molecule has 0 N–H and O–H groups in total. The molecule has 0 amide bonds. The van der Waals surface area contributed by atoms with E-state index < -0.39 is 18.5 Å². The van der Waals surface area contributed by atoms with E-state index in [1.54, 1.807) is 6.08 Å². The van der Waals surface area contributed by atoms with Crippen LogP contribution in [-0.4, -0.2) is 18.0 Å². The van der Waals surface area contributed by atoms with Gasteiger partial charge in [-0.1, -0.05) is 39.8 Å². The van der Waals surface area contributed by atoms with E-state index in [1.165, 1.54) is 6.08 Å². The molecule has 0 aliphatic heterocycles. The van der Waals surface area contributed by atoms with Crippen LogP contribution in [0.3, 0.4) is 0 Å². The van der Waals surface area contributed by atoms with E-state index in [1.807, 2.05) is 27.7 Å². The van der Waals surface area contributed by atoms with Gasteiger partial charge in [0.05, 0.1) is 0 Å². The van der Waals surface area contributed by atoms with Gasteiger partial charge in [0.15, 0.2) is 0 Å². The Hall–Kier alpha value is -0.320. The third-order valence-electron chi connectivity index (χ3n) is 3.20. The molecule has 0 aromatic rings. The summed E-state index contributed by atoms with van der Waals surface area (Å²) in [5.41, 5.74) is -0.121. The molecule has 0 rings (SSSR count). The van der Waals surface area contributed by atoms with Crippen LogP contribution in [0.2, 0.25) is 0 Å². The van der Waals surface area contributed by atoms with Crippen molar-refractivity contribution in [2.45, 2.75) is 65.5 Å². The standard InChI is InChI=1S/C15H24ClF5/c1-12(2,10-13(3,4)11-16)8-6-5-7-9-14(17,18)15(19,20)21/h5-6H,7-11H2,1-4H3/b6-5-. The monoisotopic (exact) mass is 334 g/mol. The van der Waals surface area contributed by atoms with E-state index >= 15 is 0 Å². The first-order chi connectivity index (χ1) is 9.22. The highest BCUT2D eigenvalue weighted by Crippen LogP contribution is 2.39. The zero-order valence-corrected chi connectivity index (χ0v) is 13.7. The molecule has 0 unspecified atom stereocenters. The molecule has 0 aliphatic carbocycles. The molecule has 0 aromatic carbocycles. The molecule has 21 heavy (non-hydrogen) atoms. The Balaban J connectivity index is 4.29. The molecule has 0 fully saturated rings. The van der Waals surface area contributed by atoms with Crippen LogP contribution in [0, 0.1) is 10.8 Å². The third kappa shape index (κ3) is 8.03. The van der Waals surface area contributed by atoms with Crippen molar-refractivity contribution in [2.24, 2.45) is 10.8 Å². The van der Waals surface area contributed by atoms with E-state index in [9.17, 15) is 22.0 Å². The summed E-state index contributed by atoms with van der Waals surface area (Å²) >= 11 is 5.87. The topological polar surface area (TPSA) is 0 Å². The number of hydrogen-bond donors (Lipinski definition) is 0. The number of hydrogen-bond acceptors (Lipinski definition) is 0. The van der Waals surface area contributed by atoms with Crippen LogP contribution in [0.15, 0.2) is 12.2 Å². The molecular weight excluding hydrogens is 311 g/mol. The van der Waals surface area contributed by atoms with Gasteiger partial charge >= 0.3 is 12.1 Å². The fourth-order valence-electron chi connectivity index (χ4n) is 2.34. The summed E-state index contributed by atoms with van der Waals surface area (Å²) in [6.45, 7) is 8.12. The molecule has 0 saturated carbocycles. The lowest BCUT2D eigenvalue weighted by Crippen LogP contribution is -2.35. The molecule has 0 atom stereocenters. The van der Waals surface area contributed by atoms with Crippen molar-refractivity contribution in [3.8, 4) is 0 Å². The van der Waals surface area contributed by atoms with E-state index in [2.05, 4.69) is 0 Å². The first-order valence-electron chi connectivity index (χ1n) is 6.88. The van der Waals surface area contributed by atoms with Crippen molar-refractivity contribution < 1.29 is 22.0 Å². The minimum atomic E-state index is -5.47. The average Bonchev–Trinajstić information content (AvgIpc) is 2.25. The predicted octanol–water partition coefficient (Wildman–Crippen LogP) is 6.59. The molecule has 0 nitrogen and oxygen atoms in total. The van der Waals surface area contributed by atoms with Gasteiger partial charge in [-0.05, 0) is 30.1 Å². The Kier molecular flexibility index (Phi) is 7.18. The summed E-state index contributed by atoms with van der Waals surface area (Å²) in [5.74, 6) is -4.11. The van der Waals surface area contributed by atoms with Crippen molar-refractivity contribution in [1.29, 1.82) is 0 Å². The van der Waals surface area contributed by atoms with E-state index in [0.717, 1.165) is 6.42 Å². The van der Waals surface area contributed by atoms with Crippen LogP contribution in [0.5, 0.6) is 0 Å². The molecule has 0 aliphatic rings. The normalized spacial score (nSPS) is 15.0. The van der Waals surface area contributed by atoms with Gasteiger partial charge in [-0.15, -0.1) is 11.6 Å². The summed E-state index contributed by atoms with van der Waals surface area (Å²) in [6.07, 6.45) is -2.43. The van der Waals surface area contributed by atoms with Gasteiger partial charge in [0.25, 0.3) is 0 Å². The zero-order valence-electron chi connectivity index (χ0n) is 13.0. The van der Waals surface area contributed by atoms with Crippen molar-refractivity contribution >= 4 is 11.6 Å². The van der Waals surface area contributed by atoms with Gasteiger partial charge in [-0.3, -0.25) is 0 Å². The lowest BCUT2D eigenvalue weighted by atomic mass is 9.74. The van der Waals surface area contributed by atoms with Crippen LogP contribution in [-0.2, 0) is 0 Å². The van der Waals surface area contributed by atoms with E-state index in [-0.39, 0.29) is 17.3 Å². The molecule has 0 spiro atoms. The Morgan fingerprint density at radius 1 is 0.857 bits per heavy atom. The fraction of sp³-hybridized carbons (Fsp3) is 0.867. The van der Waals surface area contributed by atoms with Crippen LogP contribution in [0.4, 0.5) is 22.0 Å². The number of allylic oxidation sites excluding steroid dienone is 2. The maximum Gasteiger partial charge on any atom is 0.453 e. The first-order valence-corrected chi connectivity index (χ1v) is 7.41. The number of halogens is 6. The SMILES string of the molecule is CC(C)(CCl)CC(C)(C)C/C=C\CCC(F)(F)C(F)(F)F. The summed E-state index contributed by atoms with van der Waals surface area (Å²) in [7, 11) is 0. The first kappa shape index (κ1) is 20.7. The lowest BCUT2D eigenvalue weighted by molar-refractivity contribution is -0.283. The Labute approximate surface area is 128 Å². The molecule has 6 heteroatoms. The highest BCUT2D eigenvalue weighted by molar-refractivity contribution is 6.18. The minimum absolute atomic E-state index is 0.0395. The van der Waals surface area contributed by atoms with Gasteiger partial charge in [-0.25, -0.2) is 0 Å². The maximum atomic E-state index is 12.7. The Morgan fingerprint density at radius 3 is 1.81 bits per heavy atom. The van der Waals surface area contributed by atoms with Gasteiger partial charge < -0.3 is 0 Å². The van der Waals surface area contributed by atoms with Gasteiger partial charge in [0.2, 0.25) is 0 Å². The molecular formula is C15H24ClF5. The molecule has 0 aromatic heterocycles. The molecule has 126 valence electrons. The Morgan fingerprint density at radius 2 is 1.38 bits per heavy atom. The molecule has 0 bridgehead atoms. The van der Waals surface area contributed by atoms with Gasteiger partial charge in [0, 0.05) is 12.3 Å². The second kappa shape index (κ2) is 7.30. The zero-order chi connectivity index (χ0) is 16.9. The predicted molar refractivity (Wildman–Crippen MR) is 76.9 cm³/mol. The Bertz CT molecular complexity index is 342. The second-order valence-corrected chi connectivity index (χ2v) is 7.32. The van der Waals surface area contributed by atoms with Crippen molar-refractivity contribution in [1.82, 2.24) is 0 Å². The minimum Gasteiger partial charge on any atom is -0.196 e. The van der Waals surface area contributed by atoms with Crippen molar-refractivity contribution in [3.63, 3.8) is 0 Å². The number of alkyl halides is 6. The summed E-state index contributed by atoms with van der Waals surface area (Å²) in [6, 6.07) is 0. The average molecular weight is 335 g/mol. The quantitative estimate of drug-likeness (QED) is 0.267. The van der Waals surface area contributed by atoms with Crippen LogP contribution in [0.1, 0.15) is 53.4 Å². The second-order valence-electron chi connectivity index (χ2n) is 7.06.